The molecule has 1 aromatic carbocycles. The third-order valence-corrected chi connectivity index (χ3v) is 4.16. The monoisotopic (exact) mass is 384 g/mol. The molecule has 0 unspecified atom stereocenters. The van der Waals surface area contributed by atoms with Crippen molar-refractivity contribution in [3.63, 3.8) is 0 Å². The maximum absolute atomic E-state index is 12.4. The summed E-state index contributed by atoms with van der Waals surface area (Å²) in [5.74, 6) is -0.513. The smallest absolute Gasteiger partial charge is 0.416 e. The zero-order valence-corrected chi connectivity index (χ0v) is 15.6. The van der Waals surface area contributed by atoms with E-state index in [0.717, 1.165) is 12.1 Å². The summed E-state index contributed by atoms with van der Waals surface area (Å²) in [6, 6.07) is 2.99. The fourth-order valence-corrected chi connectivity index (χ4v) is 2.62. The van der Waals surface area contributed by atoms with Gasteiger partial charge in [0.25, 0.3) is 10.1 Å². The van der Waals surface area contributed by atoms with E-state index in [1.165, 1.54) is 6.92 Å². The van der Waals surface area contributed by atoms with Gasteiger partial charge in [-0.2, -0.15) is 21.6 Å². The standard InChI is InChI=1S/C14H17F3O5S.C2H6/c1-10(18)22-13(2,3)8-9-21-23(19,20)12-6-4-11(5-7-12)14(15,16)17;1-2/h4-7H,8-9H2,1-3H3;1-2H3. The van der Waals surface area contributed by atoms with E-state index in [0.29, 0.717) is 12.1 Å². The van der Waals surface area contributed by atoms with Gasteiger partial charge >= 0.3 is 12.1 Å². The Morgan fingerprint density at radius 1 is 1.08 bits per heavy atom. The van der Waals surface area contributed by atoms with E-state index >= 15 is 0 Å². The highest BCUT2D eigenvalue weighted by molar-refractivity contribution is 7.86. The Hall–Kier alpha value is -1.61. The predicted octanol–water partition coefficient (Wildman–Crippen LogP) is 4.17. The van der Waals surface area contributed by atoms with Gasteiger partial charge in [-0.3, -0.25) is 8.98 Å². The first-order valence-corrected chi connectivity index (χ1v) is 9.01. The molecule has 0 atom stereocenters. The van der Waals surface area contributed by atoms with Gasteiger partial charge in [-0.1, -0.05) is 13.8 Å². The second-order valence-corrected chi connectivity index (χ2v) is 7.02. The van der Waals surface area contributed by atoms with E-state index < -0.39 is 33.4 Å². The number of hydrogen-bond donors (Lipinski definition) is 0. The molecule has 1 aromatic rings. The van der Waals surface area contributed by atoms with Crippen molar-refractivity contribution in [2.75, 3.05) is 6.61 Å². The maximum Gasteiger partial charge on any atom is 0.416 e. The minimum atomic E-state index is -4.54. The third-order valence-electron chi connectivity index (χ3n) is 2.83. The normalized spacial score (nSPS) is 12.2. The molecule has 0 aromatic heterocycles. The molecule has 144 valence electrons. The molecule has 0 heterocycles. The predicted molar refractivity (Wildman–Crippen MR) is 86.4 cm³/mol. The van der Waals surface area contributed by atoms with Gasteiger partial charge in [-0.15, -0.1) is 0 Å². The highest BCUT2D eigenvalue weighted by atomic mass is 32.2. The number of benzene rings is 1. The fourth-order valence-electron chi connectivity index (χ4n) is 1.72. The van der Waals surface area contributed by atoms with Crippen LogP contribution < -0.4 is 0 Å². The van der Waals surface area contributed by atoms with Gasteiger partial charge in [0.15, 0.2) is 0 Å². The molecule has 0 fully saturated rings. The van der Waals surface area contributed by atoms with E-state index in [4.69, 9.17) is 8.92 Å². The first-order valence-electron chi connectivity index (χ1n) is 7.60. The number of carbonyl (C=O) groups excluding carboxylic acids is 1. The van der Waals surface area contributed by atoms with Gasteiger partial charge in [-0.05, 0) is 38.1 Å². The van der Waals surface area contributed by atoms with Crippen LogP contribution in [0.2, 0.25) is 0 Å². The van der Waals surface area contributed by atoms with Crippen LogP contribution in [0.3, 0.4) is 0 Å². The van der Waals surface area contributed by atoms with E-state index in [1.807, 2.05) is 13.8 Å². The van der Waals surface area contributed by atoms with Crippen molar-refractivity contribution in [1.29, 1.82) is 0 Å². The Balaban J connectivity index is 0.00000277. The van der Waals surface area contributed by atoms with Gasteiger partial charge in [-0.25, -0.2) is 0 Å². The molecule has 0 bridgehead atoms. The molecule has 0 saturated heterocycles. The Bertz CT molecular complexity index is 649. The maximum atomic E-state index is 12.4. The summed E-state index contributed by atoms with van der Waals surface area (Å²) in [6.07, 6.45) is -4.44. The molecule has 0 aliphatic heterocycles. The molecule has 0 aliphatic rings. The number of halogens is 3. The SMILES string of the molecule is CC.CC(=O)OC(C)(C)CCOS(=O)(=O)c1ccc(C(F)(F)F)cc1. The number of alkyl halides is 3. The summed E-state index contributed by atoms with van der Waals surface area (Å²) >= 11 is 0. The molecule has 0 radical (unpaired) electrons. The second-order valence-electron chi connectivity index (χ2n) is 5.40. The van der Waals surface area contributed by atoms with Crippen molar-refractivity contribution in [2.24, 2.45) is 0 Å². The zero-order valence-electron chi connectivity index (χ0n) is 14.8. The van der Waals surface area contributed by atoms with Crippen LogP contribution in [-0.2, 0) is 30.0 Å². The number of rotatable bonds is 6. The molecule has 0 N–H and O–H groups in total. The average molecular weight is 384 g/mol. The first-order chi connectivity index (χ1) is 11.3. The molecule has 9 heteroatoms. The van der Waals surface area contributed by atoms with E-state index in [2.05, 4.69) is 0 Å². The minimum Gasteiger partial charge on any atom is -0.460 e. The van der Waals surface area contributed by atoms with Gasteiger partial charge in [0, 0.05) is 13.3 Å². The first kappa shape index (κ1) is 23.4. The van der Waals surface area contributed by atoms with Crippen molar-refractivity contribution in [3.05, 3.63) is 29.8 Å². The molecule has 0 amide bonds. The van der Waals surface area contributed by atoms with Gasteiger partial charge in [0.2, 0.25) is 0 Å². The van der Waals surface area contributed by atoms with Crippen LogP contribution in [0.15, 0.2) is 29.2 Å². The quantitative estimate of drug-likeness (QED) is 0.544. The Morgan fingerprint density at radius 3 is 1.96 bits per heavy atom. The van der Waals surface area contributed by atoms with Crippen LogP contribution in [0.1, 0.15) is 46.6 Å². The molecule has 1 rings (SSSR count). The lowest BCUT2D eigenvalue weighted by Gasteiger charge is -2.23. The summed E-state index contributed by atoms with van der Waals surface area (Å²) in [4.78, 5) is 10.5. The lowest BCUT2D eigenvalue weighted by Crippen LogP contribution is -2.29. The average Bonchev–Trinajstić information content (AvgIpc) is 2.46. The summed E-state index contributed by atoms with van der Waals surface area (Å²) in [6.45, 7) is 8.12. The van der Waals surface area contributed by atoms with Gasteiger partial charge in [0.1, 0.15) is 5.60 Å². The van der Waals surface area contributed by atoms with Gasteiger partial charge in [0.05, 0.1) is 17.1 Å². The Kier molecular flexibility index (Phi) is 8.60. The zero-order chi connectivity index (χ0) is 19.9. The summed E-state index contributed by atoms with van der Waals surface area (Å²) < 4.78 is 70.8. The highest BCUT2D eigenvalue weighted by Crippen LogP contribution is 2.30. The minimum absolute atomic E-state index is 0.104. The number of carbonyl (C=O) groups is 1. The second kappa shape index (κ2) is 9.19. The number of ether oxygens (including phenoxy) is 1. The van der Waals surface area contributed by atoms with Gasteiger partial charge < -0.3 is 4.74 Å². The van der Waals surface area contributed by atoms with E-state index in [9.17, 15) is 26.4 Å². The molecule has 0 aliphatic carbocycles. The van der Waals surface area contributed by atoms with Crippen LogP contribution in [-0.4, -0.2) is 26.6 Å². The molecule has 5 nitrogen and oxygen atoms in total. The largest absolute Gasteiger partial charge is 0.460 e. The number of hydrogen-bond acceptors (Lipinski definition) is 5. The molecule has 0 spiro atoms. The van der Waals surface area contributed by atoms with Crippen molar-refractivity contribution < 1.29 is 35.3 Å². The summed E-state index contributed by atoms with van der Waals surface area (Å²) in [7, 11) is -4.18. The molecular formula is C16H23F3O5S. The Morgan fingerprint density at radius 2 is 1.56 bits per heavy atom. The Labute approximate surface area is 146 Å². The molecule has 0 saturated carbocycles. The third kappa shape index (κ3) is 8.35. The van der Waals surface area contributed by atoms with Crippen LogP contribution in [0, 0.1) is 0 Å². The topological polar surface area (TPSA) is 69.7 Å². The lowest BCUT2D eigenvalue weighted by atomic mass is 10.1. The summed E-state index contributed by atoms with van der Waals surface area (Å²) in [5, 5.41) is 0. The van der Waals surface area contributed by atoms with Crippen LogP contribution in [0.5, 0.6) is 0 Å². The molecular weight excluding hydrogens is 361 g/mol. The highest BCUT2D eigenvalue weighted by Gasteiger charge is 2.31. The fraction of sp³-hybridized carbons (Fsp3) is 0.562. The lowest BCUT2D eigenvalue weighted by molar-refractivity contribution is -0.154. The van der Waals surface area contributed by atoms with Crippen molar-refractivity contribution in [2.45, 2.75) is 57.7 Å². The van der Waals surface area contributed by atoms with Crippen molar-refractivity contribution in [1.82, 2.24) is 0 Å². The number of esters is 1. The van der Waals surface area contributed by atoms with E-state index in [1.54, 1.807) is 13.8 Å². The van der Waals surface area contributed by atoms with E-state index in [-0.39, 0.29) is 17.9 Å². The molecule has 25 heavy (non-hydrogen) atoms. The summed E-state index contributed by atoms with van der Waals surface area (Å²) in [5.41, 5.74) is -1.87. The van der Waals surface area contributed by atoms with Crippen molar-refractivity contribution >= 4 is 16.1 Å². The van der Waals surface area contributed by atoms with Crippen molar-refractivity contribution in [3.8, 4) is 0 Å². The van der Waals surface area contributed by atoms with Crippen LogP contribution in [0.25, 0.3) is 0 Å². The van der Waals surface area contributed by atoms with Crippen LogP contribution >= 0.6 is 0 Å². The van der Waals surface area contributed by atoms with Crippen LogP contribution in [0.4, 0.5) is 13.2 Å².